The van der Waals surface area contributed by atoms with E-state index < -0.39 is 24.5 Å². The Bertz CT molecular complexity index is 734. The normalized spacial score (nSPS) is 20.0. The Morgan fingerprint density at radius 3 is 2.83 bits per heavy atom. The average molecular weight is 333 g/mol. The van der Waals surface area contributed by atoms with Gasteiger partial charge in [0.25, 0.3) is 11.8 Å². The first kappa shape index (κ1) is 16.1. The van der Waals surface area contributed by atoms with Gasteiger partial charge in [-0.05, 0) is 24.1 Å². The van der Waals surface area contributed by atoms with Crippen molar-refractivity contribution in [2.24, 2.45) is 0 Å². The van der Waals surface area contributed by atoms with E-state index in [1.54, 1.807) is 18.2 Å². The summed E-state index contributed by atoms with van der Waals surface area (Å²) in [4.78, 5) is 49.3. The number of piperidine rings is 1. The molecule has 0 aromatic heterocycles. The number of fused-ring (bicyclic) bond motifs is 1. The molecule has 1 saturated heterocycles. The van der Waals surface area contributed by atoms with Gasteiger partial charge in [0.2, 0.25) is 11.8 Å². The van der Waals surface area contributed by atoms with Gasteiger partial charge < -0.3 is 10.2 Å². The Labute approximate surface area is 137 Å². The zero-order valence-electron chi connectivity index (χ0n) is 12.8. The minimum Gasteiger partial charge on any atom is -0.349 e. The van der Waals surface area contributed by atoms with Gasteiger partial charge in [-0.15, -0.1) is 0 Å². The van der Waals surface area contributed by atoms with Crippen LogP contribution in [-0.2, 0) is 16.1 Å². The van der Waals surface area contributed by atoms with Crippen molar-refractivity contribution in [3.8, 4) is 0 Å². The molecule has 0 bridgehead atoms. The lowest BCUT2D eigenvalue weighted by Gasteiger charge is -2.29. The quantitative estimate of drug-likeness (QED) is 0.767. The molecule has 2 heterocycles. The number of nitrogens with zero attached hydrogens (tertiary/aromatic N) is 1. The van der Waals surface area contributed by atoms with Gasteiger partial charge in [0.05, 0.1) is 0 Å². The zero-order valence-corrected chi connectivity index (χ0v) is 12.8. The molecule has 8 heteroatoms. The molecule has 1 aromatic rings. The van der Waals surface area contributed by atoms with Crippen LogP contribution in [0.1, 0.15) is 39.1 Å². The van der Waals surface area contributed by atoms with Gasteiger partial charge in [-0.1, -0.05) is 6.07 Å². The number of amides is 4. The number of rotatable bonds is 4. The largest absolute Gasteiger partial charge is 0.349 e. The molecule has 2 aliphatic heterocycles. The van der Waals surface area contributed by atoms with Crippen molar-refractivity contribution in [3.63, 3.8) is 0 Å². The second-order valence-corrected chi connectivity index (χ2v) is 5.68. The molecule has 126 valence electrons. The molecule has 0 saturated carbocycles. The molecule has 3 rings (SSSR count). The first-order chi connectivity index (χ1) is 11.5. The summed E-state index contributed by atoms with van der Waals surface area (Å²) >= 11 is 0. The van der Waals surface area contributed by atoms with Crippen LogP contribution in [0.5, 0.6) is 0 Å². The molecule has 2 aliphatic rings. The van der Waals surface area contributed by atoms with E-state index in [0.29, 0.717) is 16.7 Å². The van der Waals surface area contributed by atoms with E-state index in [1.807, 2.05) is 0 Å². The summed E-state index contributed by atoms with van der Waals surface area (Å²) in [6.07, 6.45) is 0.425. The van der Waals surface area contributed by atoms with Gasteiger partial charge in [-0.25, -0.2) is 4.39 Å². The summed E-state index contributed by atoms with van der Waals surface area (Å²) in [6.45, 7) is -0.672. The Morgan fingerprint density at radius 2 is 2.12 bits per heavy atom. The number of hydrogen-bond acceptors (Lipinski definition) is 4. The number of carbonyl (C=O) groups excluding carboxylic acids is 4. The minimum absolute atomic E-state index is 0.104. The fraction of sp³-hybridized carbons (Fsp3) is 0.375. The third kappa shape index (κ3) is 2.75. The molecule has 24 heavy (non-hydrogen) atoms. The highest BCUT2D eigenvalue weighted by Gasteiger charge is 2.40. The first-order valence-electron chi connectivity index (χ1n) is 7.63. The molecule has 1 fully saturated rings. The standard InChI is InChI=1S/C16H16FN3O4/c17-6-7-18-14(22)9-2-1-3-10-11(9)8-20(16(10)24)12-4-5-13(21)19-15(12)23/h1-3,12H,4-8H2,(H,18,22)(H,19,21,23). The molecule has 4 amide bonds. The van der Waals surface area contributed by atoms with Crippen molar-refractivity contribution in [1.82, 2.24) is 15.5 Å². The minimum atomic E-state index is -0.732. The first-order valence-corrected chi connectivity index (χ1v) is 7.63. The highest BCUT2D eigenvalue weighted by Crippen LogP contribution is 2.29. The summed E-state index contributed by atoms with van der Waals surface area (Å²) in [5, 5.41) is 4.66. The fourth-order valence-corrected chi connectivity index (χ4v) is 3.05. The van der Waals surface area contributed by atoms with Crippen molar-refractivity contribution in [3.05, 3.63) is 34.9 Å². The number of alkyl halides is 1. The smallest absolute Gasteiger partial charge is 0.255 e. The van der Waals surface area contributed by atoms with E-state index in [4.69, 9.17) is 0 Å². The van der Waals surface area contributed by atoms with Gasteiger partial charge >= 0.3 is 0 Å². The predicted molar refractivity (Wildman–Crippen MR) is 80.8 cm³/mol. The van der Waals surface area contributed by atoms with Crippen LogP contribution in [0.25, 0.3) is 0 Å². The maximum absolute atomic E-state index is 12.6. The van der Waals surface area contributed by atoms with E-state index in [9.17, 15) is 23.6 Å². The van der Waals surface area contributed by atoms with Crippen molar-refractivity contribution in [2.45, 2.75) is 25.4 Å². The molecular formula is C16H16FN3O4. The number of benzene rings is 1. The molecule has 7 nitrogen and oxygen atoms in total. The monoisotopic (exact) mass is 333 g/mol. The number of imide groups is 1. The lowest BCUT2D eigenvalue weighted by Crippen LogP contribution is -2.52. The second-order valence-electron chi connectivity index (χ2n) is 5.68. The third-order valence-corrected chi connectivity index (χ3v) is 4.21. The van der Waals surface area contributed by atoms with Crippen LogP contribution in [0.2, 0.25) is 0 Å². The SMILES string of the molecule is O=C1CCC(N2Cc3c(C(=O)NCCF)cccc3C2=O)C(=O)N1. The van der Waals surface area contributed by atoms with Crippen LogP contribution in [0.15, 0.2) is 18.2 Å². The average Bonchev–Trinajstić information content (AvgIpc) is 2.89. The van der Waals surface area contributed by atoms with Gasteiger partial charge in [-0.2, -0.15) is 0 Å². The number of hydrogen-bond donors (Lipinski definition) is 2. The van der Waals surface area contributed by atoms with E-state index in [2.05, 4.69) is 10.6 Å². The van der Waals surface area contributed by atoms with Crippen LogP contribution >= 0.6 is 0 Å². The Balaban J connectivity index is 1.86. The molecular weight excluding hydrogens is 317 g/mol. The number of nitrogens with one attached hydrogen (secondary N) is 2. The summed E-state index contributed by atoms with van der Waals surface area (Å²) < 4.78 is 12.2. The van der Waals surface area contributed by atoms with Crippen LogP contribution in [0, 0.1) is 0 Å². The third-order valence-electron chi connectivity index (χ3n) is 4.21. The van der Waals surface area contributed by atoms with Crippen LogP contribution in [0.3, 0.4) is 0 Å². The maximum Gasteiger partial charge on any atom is 0.255 e. The van der Waals surface area contributed by atoms with E-state index in [-0.39, 0.29) is 37.7 Å². The highest BCUT2D eigenvalue weighted by atomic mass is 19.1. The molecule has 1 unspecified atom stereocenters. The van der Waals surface area contributed by atoms with Gasteiger partial charge in [0.1, 0.15) is 12.7 Å². The predicted octanol–water partition coefficient (Wildman–Crippen LogP) is 0.147. The van der Waals surface area contributed by atoms with E-state index in [0.717, 1.165) is 0 Å². The molecule has 2 N–H and O–H groups in total. The van der Waals surface area contributed by atoms with Crippen LogP contribution in [-0.4, -0.2) is 47.8 Å². The van der Waals surface area contributed by atoms with Crippen LogP contribution < -0.4 is 10.6 Å². The highest BCUT2D eigenvalue weighted by molar-refractivity contribution is 6.07. The van der Waals surface area contributed by atoms with Crippen molar-refractivity contribution in [2.75, 3.05) is 13.2 Å². The molecule has 1 atom stereocenters. The lowest BCUT2D eigenvalue weighted by atomic mass is 10.0. The lowest BCUT2D eigenvalue weighted by molar-refractivity contribution is -0.136. The van der Waals surface area contributed by atoms with Crippen LogP contribution in [0.4, 0.5) is 4.39 Å². The second kappa shape index (κ2) is 6.38. The fourth-order valence-electron chi connectivity index (χ4n) is 3.05. The molecule has 0 aliphatic carbocycles. The van der Waals surface area contributed by atoms with E-state index in [1.165, 1.54) is 4.90 Å². The van der Waals surface area contributed by atoms with E-state index >= 15 is 0 Å². The Kier molecular flexibility index (Phi) is 4.28. The van der Waals surface area contributed by atoms with Crippen molar-refractivity contribution >= 4 is 23.6 Å². The topological polar surface area (TPSA) is 95.6 Å². The summed E-state index contributed by atoms with van der Waals surface area (Å²) in [6, 6.07) is 4.00. The molecule has 0 radical (unpaired) electrons. The number of halogens is 1. The Morgan fingerprint density at radius 1 is 1.33 bits per heavy atom. The Hall–Kier alpha value is -2.77. The summed E-state index contributed by atoms with van der Waals surface area (Å²) in [7, 11) is 0. The zero-order chi connectivity index (χ0) is 17.3. The van der Waals surface area contributed by atoms with Gasteiger partial charge in [0, 0.05) is 30.6 Å². The van der Waals surface area contributed by atoms with Crippen molar-refractivity contribution in [1.29, 1.82) is 0 Å². The molecule has 1 aromatic carbocycles. The van der Waals surface area contributed by atoms with Gasteiger partial charge in [-0.3, -0.25) is 24.5 Å². The van der Waals surface area contributed by atoms with Gasteiger partial charge in [0.15, 0.2) is 0 Å². The summed E-state index contributed by atoms with van der Waals surface area (Å²) in [5.74, 6) is -1.66. The summed E-state index contributed by atoms with van der Waals surface area (Å²) in [5.41, 5.74) is 1.17. The van der Waals surface area contributed by atoms with Crippen molar-refractivity contribution < 1.29 is 23.6 Å². The number of carbonyl (C=O) groups is 4. The molecule has 0 spiro atoms. The maximum atomic E-state index is 12.6.